The molecule has 3 heterocycles. The van der Waals surface area contributed by atoms with Gasteiger partial charge in [-0.1, -0.05) is 19.3 Å². The third kappa shape index (κ3) is 5.13. The Kier molecular flexibility index (Phi) is 6.10. The van der Waals surface area contributed by atoms with Crippen molar-refractivity contribution in [2.75, 3.05) is 31.1 Å². The number of hydrogen-bond acceptors (Lipinski definition) is 6. The fourth-order valence-electron chi connectivity index (χ4n) is 4.65. The lowest BCUT2D eigenvalue weighted by molar-refractivity contribution is -0.138. The summed E-state index contributed by atoms with van der Waals surface area (Å²) in [5.74, 6) is 0.623. The standard InChI is InChI=1S/C20H26F3N7O/c21-20(22,23)16-4-5-17(24-13-16)28-8-10-29(11-9-28)18(31)12-19(6-2-1-3-7-19)14-30-15-25-26-27-30/h4-5,13,15H,1-3,6-12,14H2. The van der Waals surface area contributed by atoms with Crippen molar-refractivity contribution < 1.29 is 18.0 Å². The third-order valence-corrected chi connectivity index (χ3v) is 6.36. The maximum atomic E-state index is 13.1. The van der Waals surface area contributed by atoms with Crippen LogP contribution in [0, 0.1) is 5.41 Å². The Morgan fingerprint density at radius 1 is 1.06 bits per heavy atom. The highest BCUT2D eigenvalue weighted by atomic mass is 19.4. The van der Waals surface area contributed by atoms with E-state index in [1.807, 2.05) is 9.80 Å². The van der Waals surface area contributed by atoms with Gasteiger partial charge in [0.05, 0.1) is 12.1 Å². The van der Waals surface area contributed by atoms with Crippen molar-refractivity contribution in [2.45, 2.75) is 51.2 Å². The number of amides is 1. The first-order valence-corrected chi connectivity index (χ1v) is 10.6. The Labute approximate surface area is 178 Å². The van der Waals surface area contributed by atoms with Crippen molar-refractivity contribution >= 4 is 11.7 Å². The smallest absolute Gasteiger partial charge is 0.353 e. The highest BCUT2D eigenvalue weighted by molar-refractivity contribution is 5.77. The van der Waals surface area contributed by atoms with Gasteiger partial charge in [-0.05, 0) is 40.8 Å². The number of nitrogens with zero attached hydrogens (tertiary/aromatic N) is 7. The lowest BCUT2D eigenvalue weighted by Gasteiger charge is -2.40. The van der Waals surface area contributed by atoms with Crippen molar-refractivity contribution in [3.05, 3.63) is 30.2 Å². The molecule has 1 aliphatic heterocycles. The Bertz CT molecular complexity index is 856. The van der Waals surface area contributed by atoms with Crippen LogP contribution < -0.4 is 4.90 Å². The lowest BCUT2D eigenvalue weighted by atomic mass is 9.71. The van der Waals surface area contributed by atoms with E-state index in [1.165, 1.54) is 12.5 Å². The zero-order valence-electron chi connectivity index (χ0n) is 17.3. The van der Waals surface area contributed by atoms with Crippen molar-refractivity contribution in [3.63, 3.8) is 0 Å². The van der Waals surface area contributed by atoms with Crippen molar-refractivity contribution in [1.29, 1.82) is 0 Å². The van der Waals surface area contributed by atoms with Crippen LogP contribution >= 0.6 is 0 Å². The molecule has 1 saturated heterocycles. The highest BCUT2D eigenvalue weighted by Gasteiger charge is 2.37. The molecule has 31 heavy (non-hydrogen) atoms. The molecule has 0 N–H and O–H groups in total. The lowest BCUT2D eigenvalue weighted by Crippen LogP contribution is -2.50. The Morgan fingerprint density at radius 3 is 2.39 bits per heavy atom. The van der Waals surface area contributed by atoms with Crippen LogP contribution in [0.5, 0.6) is 0 Å². The summed E-state index contributed by atoms with van der Waals surface area (Å²) in [6, 6.07) is 2.44. The van der Waals surface area contributed by atoms with Gasteiger partial charge in [-0.3, -0.25) is 4.79 Å². The van der Waals surface area contributed by atoms with Gasteiger partial charge in [0.25, 0.3) is 0 Å². The second-order valence-corrected chi connectivity index (χ2v) is 8.52. The summed E-state index contributed by atoms with van der Waals surface area (Å²) in [4.78, 5) is 20.8. The minimum Gasteiger partial charge on any atom is -0.353 e. The number of anilines is 1. The zero-order valence-corrected chi connectivity index (χ0v) is 17.3. The molecule has 8 nitrogen and oxygen atoms in total. The summed E-state index contributed by atoms with van der Waals surface area (Å²) in [7, 11) is 0. The average Bonchev–Trinajstić information content (AvgIpc) is 3.26. The summed E-state index contributed by atoms with van der Waals surface area (Å²) in [5.41, 5.74) is -0.887. The average molecular weight is 437 g/mol. The summed E-state index contributed by atoms with van der Waals surface area (Å²) in [6.07, 6.45) is 3.87. The van der Waals surface area contributed by atoms with Gasteiger partial charge in [-0.2, -0.15) is 13.2 Å². The first kappa shape index (κ1) is 21.5. The van der Waals surface area contributed by atoms with Gasteiger partial charge in [-0.15, -0.1) is 5.10 Å². The predicted octanol–water partition coefficient (Wildman–Crippen LogP) is 2.78. The fourth-order valence-corrected chi connectivity index (χ4v) is 4.65. The molecule has 1 saturated carbocycles. The number of pyridine rings is 1. The zero-order chi connectivity index (χ0) is 21.9. The van der Waals surface area contributed by atoms with Crippen molar-refractivity contribution in [1.82, 2.24) is 30.1 Å². The van der Waals surface area contributed by atoms with Crippen molar-refractivity contribution in [3.8, 4) is 0 Å². The monoisotopic (exact) mass is 437 g/mol. The van der Waals surface area contributed by atoms with Gasteiger partial charge in [-0.25, -0.2) is 9.67 Å². The molecule has 1 aliphatic carbocycles. The van der Waals surface area contributed by atoms with Gasteiger partial charge in [0.15, 0.2) is 0 Å². The molecule has 2 fully saturated rings. The third-order valence-electron chi connectivity index (χ3n) is 6.36. The van der Waals surface area contributed by atoms with Crippen LogP contribution in [0.2, 0.25) is 0 Å². The van der Waals surface area contributed by atoms with Crippen LogP contribution in [-0.4, -0.2) is 62.2 Å². The summed E-state index contributed by atoms with van der Waals surface area (Å²) in [6.45, 7) is 2.79. The van der Waals surface area contributed by atoms with Crippen LogP contribution in [0.3, 0.4) is 0 Å². The number of piperazine rings is 1. The van der Waals surface area contributed by atoms with Gasteiger partial charge >= 0.3 is 6.18 Å². The van der Waals surface area contributed by atoms with Crippen LogP contribution in [0.15, 0.2) is 24.7 Å². The molecule has 2 aromatic rings. The Morgan fingerprint density at radius 2 is 1.81 bits per heavy atom. The quantitative estimate of drug-likeness (QED) is 0.716. The van der Waals surface area contributed by atoms with Gasteiger partial charge in [0.2, 0.25) is 5.91 Å². The molecular weight excluding hydrogens is 411 g/mol. The predicted molar refractivity (Wildman–Crippen MR) is 106 cm³/mol. The first-order chi connectivity index (χ1) is 14.8. The molecule has 0 aromatic carbocycles. The largest absolute Gasteiger partial charge is 0.417 e. The second kappa shape index (κ2) is 8.80. The van der Waals surface area contributed by atoms with Crippen molar-refractivity contribution in [2.24, 2.45) is 5.41 Å². The number of halogens is 3. The van der Waals surface area contributed by atoms with Gasteiger partial charge in [0, 0.05) is 38.8 Å². The van der Waals surface area contributed by atoms with Crippen LogP contribution in [0.4, 0.5) is 19.0 Å². The maximum absolute atomic E-state index is 13.1. The number of carbonyl (C=O) groups is 1. The topological polar surface area (TPSA) is 80.0 Å². The van der Waals surface area contributed by atoms with E-state index in [2.05, 4.69) is 20.5 Å². The van der Waals surface area contributed by atoms with E-state index in [0.717, 1.165) is 37.9 Å². The molecule has 0 spiro atoms. The van der Waals surface area contributed by atoms with E-state index in [-0.39, 0.29) is 11.3 Å². The van der Waals surface area contributed by atoms with E-state index in [0.29, 0.717) is 45.0 Å². The first-order valence-electron chi connectivity index (χ1n) is 10.6. The minimum absolute atomic E-state index is 0.120. The number of alkyl halides is 3. The normalized spacial score (nSPS) is 19.5. The number of carbonyl (C=O) groups excluding carboxylic acids is 1. The van der Waals surface area contributed by atoms with Gasteiger partial charge < -0.3 is 9.80 Å². The van der Waals surface area contributed by atoms with Crippen LogP contribution in [0.1, 0.15) is 44.1 Å². The fraction of sp³-hybridized carbons (Fsp3) is 0.650. The van der Waals surface area contributed by atoms with E-state index in [1.54, 1.807) is 11.0 Å². The van der Waals surface area contributed by atoms with E-state index in [9.17, 15) is 18.0 Å². The second-order valence-electron chi connectivity index (χ2n) is 8.52. The van der Waals surface area contributed by atoms with E-state index < -0.39 is 11.7 Å². The number of hydrogen-bond donors (Lipinski definition) is 0. The number of rotatable bonds is 5. The molecule has 2 aliphatic rings. The molecule has 0 unspecified atom stereocenters. The molecule has 1 amide bonds. The van der Waals surface area contributed by atoms with Crippen LogP contribution in [-0.2, 0) is 17.5 Å². The Balaban J connectivity index is 1.35. The highest BCUT2D eigenvalue weighted by Crippen LogP contribution is 2.41. The number of aromatic nitrogens is 5. The SMILES string of the molecule is O=C(CC1(Cn2cnnn2)CCCCC1)N1CCN(c2ccc(C(F)(F)F)cn2)CC1. The van der Waals surface area contributed by atoms with Gasteiger partial charge in [0.1, 0.15) is 12.1 Å². The minimum atomic E-state index is -4.39. The van der Waals surface area contributed by atoms with Crippen LogP contribution in [0.25, 0.3) is 0 Å². The van der Waals surface area contributed by atoms with E-state index >= 15 is 0 Å². The molecule has 0 bridgehead atoms. The maximum Gasteiger partial charge on any atom is 0.417 e. The summed E-state index contributed by atoms with van der Waals surface area (Å²) < 4.78 is 39.9. The Hall–Kier alpha value is -2.72. The summed E-state index contributed by atoms with van der Waals surface area (Å²) >= 11 is 0. The molecule has 2 aromatic heterocycles. The molecule has 0 radical (unpaired) electrons. The molecule has 4 rings (SSSR count). The molecule has 0 atom stereocenters. The van der Waals surface area contributed by atoms with E-state index in [4.69, 9.17) is 0 Å². The molecular formula is C20H26F3N7O. The summed E-state index contributed by atoms with van der Waals surface area (Å²) in [5, 5.41) is 11.4. The number of tetrazole rings is 1. The molecule has 168 valence electrons. The molecule has 11 heteroatoms.